The van der Waals surface area contributed by atoms with Crippen LogP contribution in [0.1, 0.15) is 30.5 Å². The number of carbonyl (C=O) groups excluding carboxylic acids is 1. The molecular formula is C21H24N4O2S. The van der Waals surface area contributed by atoms with E-state index in [1.165, 1.54) is 0 Å². The molecule has 0 fully saturated rings. The number of hydrogen-bond acceptors (Lipinski definition) is 4. The molecule has 146 valence electrons. The second-order valence-corrected chi connectivity index (χ2v) is 7.01. The first kappa shape index (κ1) is 19.8. The molecule has 0 radical (unpaired) electrons. The molecule has 2 aromatic carbocycles. The number of amides is 1. The number of aryl methyl sites for hydroxylation is 1. The number of aromatic nitrogens is 3. The van der Waals surface area contributed by atoms with Gasteiger partial charge in [-0.2, -0.15) is 5.10 Å². The van der Waals surface area contributed by atoms with Crippen molar-refractivity contribution in [2.45, 2.75) is 32.9 Å². The van der Waals surface area contributed by atoms with Crippen molar-refractivity contribution in [1.82, 2.24) is 20.1 Å². The smallest absolute Gasteiger partial charge is 0.222 e. The molecule has 6 nitrogen and oxygen atoms in total. The van der Waals surface area contributed by atoms with Crippen molar-refractivity contribution in [1.29, 1.82) is 0 Å². The number of benzene rings is 2. The molecule has 0 saturated heterocycles. The summed E-state index contributed by atoms with van der Waals surface area (Å²) in [5, 5.41) is 10.2. The molecule has 1 aromatic heterocycles. The fraction of sp³-hybridized carbons (Fsp3) is 0.286. The molecule has 1 heterocycles. The maximum atomic E-state index is 12.5. The predicted molar refractivity (Wildman–Crippen MR) is 112 cm³/mol. The lowest BCUT2D eigenvalue weighted by Gasteiger charge is -2.17. The summed E-state index contributed by atoms with van der Waals surface area (Å²) in [7, 11) is 1.63. The summed E-state index contributed by atoms with van der Waals surface area (Å²) in [5.41, 5.74) is 3.19. The molecular weight excluding hydrogens is 372 g/mol. The van der Waals surface area contributed by atoms with Crippen LogP contribution in [0.3, 0.4) is 0 Å². The summed E-state index contributed by atoms with van der Waals surface area (Å²) in [6.45, 7) is 4.49. The largest absolute Gasteiger partial charge is 0.497 e. The molecule has 28 heavy (non-hydrogen) atoms. The minimum absolute atomic E-state index is 0.0282. The molecule has 0 aliphatic rings. The first-order chi connectivity index (χ1) is 13.5. The Bertz CT molecular complexity index is 1010. The van der Waals surface area contributed by atoms with Crippen LogP contribution in [0.15, 0.2) is 48.5 Å². The topological polar surface area (TPSA) is 71.9 Å². The van der Waals surface area contributed by atoms with Crippen LogP contribution in [0.4, 0.5) is 0 Å². The average Bonchev–Trinajstić information content (AvgIpc) is 3.07. The highest BCUT2D eigenvalue weighted by Crippen LogP contribution is 2.21. The van der Waals surface area contributed by atoms with E-state index in [2.05, 4.69) is 15.5 Å². The zero-order chi connectivity index (χ0) is 20.1. The Morgan fingerprint density at radius 2 is 1.96 bits per heavy atom. The SMILES string of the molecule is COc1ccc(-c2n[nH]c(=S)n2CCC(=O)NC(C)c2ccccc2C)cc1. The van der Waals surface area contributed by atoms with Gasteiger partial charge in [0.1, 0.15) is 5.75 Å². The Kier molecular flexibility index (Phi) is 6.26. The molecule has 0 aliphatic heterocycles. The van der Waals surface area contributed by atoms with Crippen LogP contribution in [-0.2, 0) is 11.3 Å². The maximum Gasteiger partial charge on any atom is 0.222 e. The maximum absolute atomic E-state index is 12.5. The van der Waals surface area contributed by atoms with E-state index in [1.807, 2.05) is 66.9 Å². The molecule has 0 spiro atoms. The summed E-state index contributed by atoms with van der Waals surface area (Å²) in [6.07, 6.45) is 0.313. The molecule has 0 aliphatic carbocycles. The zero-order valence-corrected chi connectivity index (χ0v) is 17.0. The van der Waals surface area contributed by atoms with Crippen LogP contribution in [0, 0.1) is 11.7 Å². The van der Waals surface area contributed by atoms with Gasteiger partial charge in [0, 0.05) is 18.5 Å². The van der Waals surface area contributed by atoms with Gasteiger partial charge in [-0.25, -0.2) is 0 Å². The first-order valence-corrected chi connectivity index (χ1v) is 9.55. The van der Waals surface area contributed by atoms with Crippen molar-refractivity contribution in [3.63, 3.8) is 0 Å². The molecule has 3 rings (SSSR count). The van der Waals surface area contributed by atoms with Gasteiger partial charge in [0.05, 0.1) is 13.2 Å². The fourth-order valence-electron chi connectivity index (χ4n) is 3.16. The fourth-order valence-corrected chi connectivity index (χ4v) is 3.39. The predicted octanol–water partition coefficient (Wildman–Crippen LogP) is 4.19. The molecule has 3 aromatic rings. The van der Waals surface area contributed by atoms with Crippen LogP contribution in [0.25, 0.3) is 11.4 Å². The van der Waals surface area contributed by atoms with Crippen LogP contribution in [-0.4, -0.2) is 27.8 Å². The van der Waals surface area contributed by atoms with Gasteiger partial charge in [-0.05, 0) is 61.5 Å². The van der Waals surface area contributed by atoms with Gasteiger partial charge < -0.3 is 10.1 Å². The number of ether oxygens (including phenoxy) is 1. The second kappa shape index (κ2) is 8.84. The normalized spacial score (nSPS) is 11.8. The minimum atomic E-state index is -0.0490. The Morgan fingerprint density at radius 1 is 1.25 bits per heavy atom. The quantitative estimate of drug-likeness (QED) is 0.588. The number of rotatable bonds is 7. The van der Waals surface area contributed by atoms with E-state index in [-0.39, 0.29) is 11.9 Å². The Morgan fingerprint density at radius 3 is 2.64 bits per heavy atom. The van der Waals surface area contributed by atoms with Crippen molar-refractivity contribution in [3.05, 3.63) is 64.4 Å². The number of hydrogen-bond donors (Lipinski definition) is 2. The zero-order valence-electron chi connectivity index (χ0n) is 16.2. The van der Waals surface area contributed by atoms with Crippen molar-refractivity contribution in [3.8, 4) is 17.1 Å². The summed E-state index contributed by atoms with van der Waals surface area (Å²) >= 11 is 5.34. The van der Waals surface area contributed by atoms with E-state index in [9.17, 15) is 4.79 Å². The van der Waals surface area contributed by atoms with Gasteiger partial charge in [-0.1, -0.05) is 24.3 Å². The number of aromatic amines is 1. The third kappa shape index (κ3) is 4.48. The number of nitrogens with zero attached hydrogens (tertiary/aromatic N) is 2. The number of methoxy groups -OCH3 is 1. The highest BCUT2D eigenvalue weighted by molar-refractivity contribution is 7.71. The minimum Gasteiger partial charge on any atom is -0.497 e. The summed E-state index contributed by atoms with van der Waals surface area (Å²) in [6, 6.07) is 15.6. The lowest BCUT2D eigenvalue weighted by molar-refractivity contribution is -0.121. The average molecular weight is 397 g/mol. The van der Waals surface area contributed by atoms with Crippen LogP contribution in [0.5, 0.6) is 5.75 Å². The van der Waals surface area contributed by atoms with Gasteiger partial charge in [0.2, 0.25) is 5.91 Å². The second-order valence-electron chi connectivity index (χ2n) is 6.63. The Hall–Kier alpha value is -2.93. The summed E-state index contributed by atoms with van der Waals surface area (Å²) < 4.78 is 7.53. The van der Waals surface area contributed by atoms with Gasteiger partial charge >= 0.3 is 0 Å². The van der Waals surface area contributed by atoms with Gasteiger partial charge in [-0.15, -0.1) is 0 Å². The van der Waals surface area contributed by atoms with E-state index in [1.54, 1.807) is 7.11 Å². The number of H-pyrrole nitrogens is 1. The van der Waals surface area contributed by atoms with Crippen molar-refractivity contribution < 1.29 is 9.53 Å². The molecule has 0 saturated carbocycles. The van der Waals surface area contributed by atoms with Crippen molar-refractivity contribution in [2.75, 3.05) is 7.11 Å². The molecule has 1 atom stereocenters. The van der Waals surface area contributed by atoms with E-state index in [0.717, 1.165) is 22.4 Å². The third-order valence-corrected chi connectivity index (χ3v) is 5.01. The molecule has 1 unspecified atom stereocenters. The Labute approximate surface area is 169 Å². The van der Waals surface area contributed by atoms with Gasteiger partial charge in [0.25, 0.3) is 0 Å². The third-order valence-electron chi connectivity index (χ3n) is 4.70. The molecule has 7 heteroatoms. The number of nitrogens with one attached hydrogen (secondary N) is 2. The molecule has 2 N–H and O–H groups in total. The monoisotopic (exact) mass is 396 g/mol. The lowest BCUT2D eigenvalue weighted by atomic mass is 10.0. The Balaban J connectivity index is 1.67. The van der Waals surface area contributed by atoms with Crippen molar-refractivity contribution >= 4 is 18.1 Å². The van der Waals surface area contributed by atoms with E-state index in [4.69, 9.17) is 17.0 Å². The summed E-state index contributed by atoms with van der Waals surface area (Å²) in [4.78, 5) is 12.5. The molecule has 0 bridgehead atoms. The molecule has 1 amide bonds. The van der Waals surface area contributed by atoms with Crippen molar-refractivity contribution in [2.24, 2.45) is 0 Å². The van der Waals surface area contributed by atoms with Crippen LogP contribution in [0.2, 0.25) is 0 Å². The highest BCUT2D eigenvalue weighted by Gasteiger charge is 2.14. The standard InChI is InChI=1S/C21H24N4O2S/c1-14-6-4-5-7-18(14)15(2)22-19(26)12-13-25-20(23-24-21(25)28)16-8-10-17(27-3)11-9-16/h4-11,15H,12-13H2,1-3H3,(H,22,26)(H,24,28). The van der Waals surface area contributed by atoms with Crippen LogP contribution < -0.4 is 10.1 Å². The first-order valence-electron chi connectivity index (χ1n) is 9.14. The summed E-state index contributed by atoms with van der Waals surface area (Å²) in [5.74, 6) is 1.45. The van der Waals surface area contributed by atoms with E-state index >= 15 is 0 Å². The van der Waals surface area contributed by atoms with Crippen LogP contribution >= 0.6 is 12.2 Å². The van der Waals surface area contributed by atoms with Gasteiger partial charge in [-0.3, -0.25) is 14.5 Å². The lowest BCUT2D eigenvalue weighted by Crippen LogP contribution is -2.28. The van der Waals surface area contributed by atoms with Gasteiger partial charge in [0.15, 0.2) is 10.6 Å². The highest BCUT2D eigenvalue weighted by atomic mass is 32.1. The number of carbonyl (C=O) groups is 1. The van der Waals surface area contributed by atoms with E-state index < -0.39 is 0 Å². The van der Waals surface area contributed by atoms with E-state index in [0.29, 0.717) is 23.6 Å².